The Kier molecular flexibility index (Phi) is 9.84. The average molecular weight is 539 g/mol. The van der Waals surface area contributed by atoms with E-state index in [9.17, 15) is 18.3 Å². The van der Waals surface area contributed by atoms with Crippen molar-refractivity contribution in [1.82, 2.24) is 4.72 Å². The fourth-order valence-electron chi connectivity index (χ4n) is 2.84. The van der Waals surface area contributed by atoms with Gasteiger partial charge in [-0.15, -0.1) is 11.6 Å². The smallest absolute Gasteiger partial charge is 0.209 e. The van der Waals surface area contributed by atoms with Gasteiger partial charge in [0, 0.05) is 5.41 Å². The number of halogens is 3. The highest BCUT2D eigenvalue weighted by molar-refractivity contribution is 7.88. The molecule has 33 heavy (non-hydrogen) atoms. The minimum Gasteiger partial charge on any atom is -0.488 e. The number of carbonyl (C=O) groups excluding carboxylic acids is 1. The van der Waals surface area contributed by atoms with Gasteiger partial charge in [-0.1, -0.05) is 49.2 Å². The van der Waals surface area contributed by atoms with Crippen molar-refractivity contribution < 1.29 is 27.8 Å². The zero-order valence-corrected chi connectivity index (χ0v) is 21.5. The van der Waals surface area contributed by atoms with E-state index in [-0.39, 0.29) is 31.4 Å². The normalized spacial score (nSPS) is 12.9. The van der Waals surface area contributed by atoms with Gasteiger partial charge in [0.05, 0.1) is 28.7 Å². The number of ether oxygens (including phenoxy) is 2. The van der Waals surface area contributed by atoms with Gasteiger partial charge in [-0.05, 0) is 35.4 Å². The predicted octanol–water partition coefficient (Wildman–Crippen LogP) is 3.79. The Morgan fingerprint density at radius 2 is 1.67 bits per heavy atom. The number of hydrogen-bond donors (Lipinski definition) is 2. The van der Waals surface area contributed by atoms with E-state index in [0.29, 0.717) is 15.8 Å². The van der Waals surface area contributed by atoms with Crippen LogP contribution in [0.1, 0.15) is 25.0 Å². The number of aliphatic hydroxyl groups excluding tert-OH is 1. The summed E-state index contributed by atoms with van der Waals surface area (Å²) in [5.74, 6) is 0.391. The van der Waals surface area contributed by atoms with Gasteiger partial charge in [-0.25, -0.2) is 13.1 Å². The third kappa shape index (κ3) is 8.31. The Labute approximate surface area is 209 Å². The third-order valence-corrected chi connectivity index (χ3v) is 6.41. The standard InChI is InChI=1S/C22H26Cl3NO6S/c1-22(2,15-8-19(24)21(20(25)9-15)32-12-16(27)10-23)14-4-6-18(7-5-14)31-13-17(28)11-26-33(3,29)30/h4-9,16,26-27H,10-13H2,1-3H3. The predicted molar refractivity (Wildman–Crippen MR) is 131 cm³/mol. The van der Waals surface area contributed by atoms with Crippen LogP contribution in [0.15, 0.2) is 36.4 Å². The van der Waals surface area contributed by atoms with Crippen LogP contribution in [0, 0.1) is 0 Å². The van der Waals surface area contributed by atoms with Gasteiger partial charge >= 0.3 is 0 Å². The lowest BCUT2D eigenvalue weighted by Crippen LogP contribution is -2.31. The fraction of sp³-hybridized carbons (Fsp3) is 0.409. The highest BCUT2D eigenvalue weighted by atomic mass is 35.5. The maximum Gasteiger partial charge on any atom is 0.209 e. The van der Waals surface area contributed by atoms with Crippen molar-refractivity contribution in [3.63, 3.8) is 0 Å². The molecule has 0 aromatic heterocycles. The average Bonchev–Trinajstić information content (AvgIpc) is 2.75. The van der Waals surface area contributed by atoms with Crippen LogP contribution in [0.2, 0.25) is 10.0 Å². The molecule has 0 aliphatic rings. The Hall–Kier alpha value is -1.55. The monoisotopic (exact) mass is 537 g/mol. The Bertz CT molecular complexity index is 1050. The first kappa shape index (κ1) is 27.7. The van der Waals surface area contributed by atoms with Gasteiger partial charge in [0.25, 0.3) is 0 Å². The van der Waals surface area contributed by atoms with E-state index in [1.807, 2.05) is 26.0 Å². The molecule has 0 saturated heterocycles. The first-order valence-corrected chi connectivity index (χ1v) is 13.1. The minimum atomic E-state index is -3.44. The molecule has 0 amide bonds. The van der Waals surface area contributed by atoms with Crippen molar-refractivity contribution in [2.45, 2.75) is 25.4 Å². The third-order valence-electron chi connectivity index (χ3n) is 4.83. The molecule has 2 aromatic rings. The summed E-state index contributed by atoms with van der Waals surface area (Å²) in [5, 5.41) is 10.2. The molecule has 2 aromatic carbocycles. The summed E-state index contributed by atoms with van der Waals surface area (Å²) in [6, 6.07) is 10.7. The molecular weight excluding hydrogens is 513 g/mol. The van der Waals surface area contributed by atoms with E-state index in [4.69, 9.17) is 44.3 Å². The zero-order chi connectivity index (χ0) is 24.8. The quantitative estimate of drug-likeness (QED) is 0.399. The second-order valence-corrected chi connectivity index (χ2v) is 10.9. The lowest BCUT2D eigenvalue weighted by Gasteiger charge is -2.27. The second-order valence-electron chi connectivity index (χ2n) is 7.96. The van der Waals surface area contributed by atoms with Crippen molar-refractivity contribution >= 4 is 50.6 Å². The van der Waals surface area contributed by atoms with Crippen LogP contribution in [0.4, 0.5) is 0 Å². The first-order chi connectivity index (χ1) is 15.3. The van der Waals surface area contributed by atoms with Crippen molar-refractivity contribution in [2.75, 3.05) is 31.9 Å². The van der Waals surface area contributed by atoms with Gasteiger partial charge < -0.3 is 14.6 Å². The maximum absolute atomic E-state index is 11.8. The number of ketones is 1. The molecule has 11 heteroatoms. The van der Waals surface area contributed by atoms with Crippen LogP contribution in [0.3, 0.4) is 0 Å². The number of carbonyl (C=O) groups is 1. The van der Waals surface area contributed by atoms with Crippen LogP contribution >= 0.6 is 34.8 Å². The summed E-state index contributed by atoms with van der Waals surface area (Å²) in [7, 11) is -3.44. The van der Waals surface area contributed by atoms with E-state index in [2.05, 4.69) is 4.72 Å². The number of rotatable bonds is 12. The van der Waals surface area contributed by atoms with Crippen LogP contribution in [-0.2, 0) is 20.2 Å². The van der Waals surface area contributed by atoms with Gasteiger partial charge in [0.15, 0.2) is 11.5 Å². The molecule has 0 bridgehead atoms. The molecule has 0 heterocycles. The molecule has 1 atom stereocenters. The minimum absolute atomic E-state index is 0.0278. The van der Waals surface area contributed by atoms with Gasteiger partial charge in [0.1, 0.15) is 25.1 Å². The van der Waals surface area contributed by atoms with Crippen molar-refractivity contribution in [3.05, 3.63) is 57.6 Å². The summed E-state index contributed by atoms with van der Waals surface area (Å²) in [6.45, 7) is 3.40. The topological polar surface area (TPSA) is 102 Å². The van der Waals surface area contributed by atoms with Gasteiger partial charge in [-0.2, -0.15) is 0 Å². The molecule has 0 spiro atoms. The molecule has 0 radical (unpaired) electrons. The molecule has 0 saturated carbocycles. The summed E-state index contributed by atoms with van der Waals surface area (Å²) >= 11 is 18.4. The van der Waals surface area contributed by atoms with Crippen LogP contribution in [0.25, 0.3) is 0 Å². The molecule has 0 fully saturated rings. The maximum atomic E-state index is 11.8. The molecule has 2 N–H and O–H groups in total. The molecule has 0 aliphatic carbocycles. The summed E-state index contributed by atoms with van der Waals surface area (Å²) in [6.07, 6.45) is 0.149. The van der Waals surface area contributed by atoms with E-state index < -0.39 is 27.3 Å². The zero-order valence-electron chi connectivity index (χ0n) is 18.4. The van der Waals surface area contributed by atoms with Gasteiger partial charge in [0.2, 0.25) is 10.0 Å². The number of nitrogens with one attached hydrogen (secondary N) is 1. The summed E-state index contributed by atoms with van der Waals surface area (Å²) < 4.78 is 35.2. The SMILES string of the molecule is CC(C)(c1ccc(OCC(=O)CNS(C)(=O)=O)cc1)c1cc(Cl)c(OCC(O)CCl)c(Cl)c1. The van der Waals surface area contributed by atoms with Gasteiger partial charge in [-0.3, -0.25) is 4.79 Å². The number of aliphatic hydroxyl groups is 1. The van der Waals surface area contributed by atoms with Crippen molar-refractivity contribution in [2.24, 2.45) is 0 Å². The molecular formula is C22H26Cl3NO6S. The summed E-state index contributed by atoms with van der Waals surface area (Å²) in [5.41, 5.74) is 1.31. The van der Waals surface area contributed by atoms with Crippen LogP contribution < -0.4 is 14.2 Å². The highest BCUT2D eigenvalue weighted by Gasteiger charge is 2.26. The number of sulfonamides is 1. The fourth-order valence-corrected chi connectivity index (χ4v) is 3.95. The molecule has 182 valence electrons. The molecule has 2 rings (SSSR count). The molecule has 0 aliphatic heterocycles. The first-order valence-electron chi connectivity index (χ1n) is 9.89. The Balaban J connectivity index is 2.09. The number of alkyl halides is 1. The lowest BCUT2D eigenvalue weighted by atomic mass is 9.78. The largest absolute Gasteiger partial charge is 0.488 e. The van der Waals surface area contributed by atoms with Crippen LogP contribution in [-0.4, -0.2) is 57.3 Å². The second kappa shape index (κ2) is 11.7. The van der Waals surface area contributed by atoms with Crippen molar-refractivity contribution in [1.29, 1.82) is 0 Å². The summed E-state index contributed by atoms with van der Waals surface area (Å²) in [4.78, 5) is 11.8. The van der Waals surface area contributed by atoms with E-state index in [0.717, 1.165) is 17.4 Å². The van der Waals surface area contributed by atoms with Crippen molar-refractivity contribution in [3.8, 4) is 11.5 Å². The van der Waals surface area contributed by atoms with Crippen LogP contribution in [0.5, 0.6) is 11.5 Å². The molecule has 7 nitrogen and oxygen atoms in total. The Morgan fingerprint density at radius 1 is 1.09 bits per heavy atom. The lowest BCUT2D eigenvalue weighted by molar-refractivity contribution is -0.119. The molecule has 1 unspecified atom stereocenters. The number of Topliss-reactive ketones (excluding diaryl/α,β-unsaturated/α-hetero) is 1. The number of hydrogen-bond acceptors (Lipinski definition) is 6. The number of benzene rings is 2. The highest BCUT2D eigenvalue weighted by Crippen LogP contribution is 2.40. The van der Waals surface area contributed by atoms with E-state index in [1.165, 1.54) is 0 Å². The van der Waals surface area contributed by atoms with E-state index in [1.54, 1.807) is 24.3 Å². The Morgan fingerprint density at radius 3 is 2.18 bits per heavy atom. The van der Waals surface area contributed by atoms with E-state index >= 15 is 0 Å².